The van der Waals surface area contributed by atoms with Crippen molar-refractivity contribution in [3.8, 4) is 0 Å². The van der Waals surface area contributed by atoms with Crippen molar-refractivity contribution in [2.45, 2.75) is 55.0 Å². The van der Waals surface area contributed by atoms with E-state index in [1.54, 1.807) is 12.1 Å². The minimum absolute atomic E-state index is 0.0646. The smallest absolute Gasteiger partial charge is 0.251 e. The van der Waals surface area contributed by atoms with Crippen LogP contribution in [0.3, 0.4) is 0 Å². The van der Waals surface area contributed by atoms with Gasteiger partial charge in [0.25, 0.3) is 5.91 Å². The Balaban J connectivity index is 1.70. The largest absolute Gasteiger partial charge is 0.345 e. The Morgan fingerprint density at radius 3 is 2.30 bits per heavy atom. The summed E-state index contributed by atoms with van der Waals surface area (Å²) < 4.78 is 26.8. The molecular weight excluding hydrogens is 314 g/mol. The first-order valence-corrected chi connectivity index (χ1v) is 9.57. The quantitative estimate of drug-likeness (QED) is 0.724. The topological polar surface area (TPSA) is 101 Å². The van der Waals surface area contributed by atoms with Crippen LogP contribution >= 0.6 is 0 Å². The van der Waals surface area contributed by atoms with Crippen LogP contribution in [0.25, 0.3) is 0 Å². The van der Waals surface area contributed by atoms with Gasteiger partial charge in [0.2, 0.25) is 10.0 Å². The number of hydrogen-bond acceptors (Lipinski definition) is 4. The van der Waals surface area contributed by atoms with Gasteiger partial charge in [-0.2, -0.15) is 0 Å². The SMILES string of the molecule is NCC1(NC(=O)c2ccc(S(=O)(=O)NC3CC3)cc2)CCCC1. The second-order valence-electron chi connectivity index (χ2n) is 6.57. The second-order valence-corrected chi connectivity index (χ2v) is 8.28. The highest BCUT2D eigenvalue weighted by molar-refractivity contribution is 7.89. The molecule has 2 saturated carbocycles. The average molecular weight is 337 g/mol. The van der Waals surface area contributed by atoms with Gasteiger partial charge in [0.05, 0.1) is 10.4 Å². The first-order chi connectivity index (χ1) is 10.9. The molecule has 3 rings (SSSR count). The van der Waals surface area contributed by atoms with Crippen LogP contribution in [-0.4, -0.2) is 32.5 Å². The number of carbonyl (C=O) groups is 1. The van der Waals surface area contributed by atoms with Crippen LogP contribution in [0.5, 0.6) is 0 Å². The van der Waals surface area contributed by atoms with Crippen LogP contribution in [0.4, 0.5) is 0 Å². The number of nitrogens with one attached hydrogen (secondary N) is 2. The molecule has 0 saturated heterocycles. The third-order valence-electron chi connectivity index (χ3n) is 4.66. The summed E-state index contributed by atoms with van der Waals surface area (Å²) >= 11 is 0. The van der Waals surface area contributed by atoms with Gasteiger partial charge in [-0.3, -0.25) is 4.79 Å². The van der Waals surface area contributed by atoms with Crippen molar-refractivity contribution in [1.29, 1.82) is 0 Å². The molecule has 0 unspecified atom stereocenters. The normalized spacial score (nSPS) is 20.4. The van der Waals surface area contributed by atoms with Crippen molar-refractivity contribution < 1.29 is 13.2 Å². The number of rotatable bonds is 6. The molecule has 2 aliphatic carbocycles. The van der Waals surface area contributed by atoms with Crippen LogP contribution in [0.1, 0.15) is 48.9 Å². The van der Waals surface area contributed by atoms with Crippen molar-refractivity contribution >= 4 is 15.9 Å². The van der Waals surface area contributed by atoms with Gasteiger partial charge in [0.1, 0.15) is 0 Å². The van der Waals surface area contributed by atoms with Gasteiger partial charge in [-0.05, 0) is 49.9 Å². The highest BCUT2D eigenvalue weighted by Crippen LogP contribution is 2.29. The van der Waals surface area contributed by atoms with E-state index in [9.17, 15) is 13.2 Å². The molecule has 1 aromatic rings. The molecule has 1 aromatic carbocycles. The summed E-state index contributed by atoms with van der Waals surface area (Å²) in [6, 6.07) is 6.12. The van der Waals surface area contributed by atoms with Gasteiger partial charge in [-0.1, -0.05) is 12.8 Å². The van der Waals surface area contributed by atoms with E-state index in [0.29, 0.717) is 12.1 Å². The van der Waals surface area contributed by atoms with Gasteiger partial charge < -0.3 is 11.1 Å². The van der Waals surface area contributed by atoms with Gasteiger partial charge in [0.15, 0.2) is 0 Å². The number of benzene rings is 1. The maximum atomic E-state index is 12.4. The summed E-state index contributed by atoms with van der Waals surface area (Å²) in [4.78, 5) is 12.6. The molecule has 2 fully saturated rings. The summed E-state index contributed by atoms with van der Waals surface area (Å²) in [5.41, 5.74) is 5.97. The summed E-state index contributed by atoms with van der Waals surface area (Å²) in [6.07, 6.45) is 5.71. The molecule has 0 atom stereocenters. The predicted octanol–water partition coefficient (Wildman–Crippen LogP) is 1.13. The fourth-order valence-electron chi connectivity index (χ4n) is 3.02. The Kier molecular flexibility index (Phi) is 4.44. The Hall–Kier alpha value is -1.44. The molecule has 2 aliphatic rings. The second kappa shape index (κ2) is 6.22. The fourth-order valence-corrected chi connectivity index (χ4v) is 4.32. The number of hydrogen-bond donors (Lipinski definition) is 3. The number of nitrogens with two attached hydrogens (primary N) is 1. The maximum absolute atomic E-state index is 12.4. The molecule has 6 nitrogen and oxygen atoms in total. The molecule has 0 radical (unpaired) electrons. The molecule has 0 bridgehead atoms. The minimum Gasteiger partial charge on any atom is -0.345 e. The van der Waals surface area contributed by atoms with Crippen LogP contribution < -0.4 is 15.8 Å². The van der Waals surface area contributed by atoms with Gasteiger partial charge in [-0.25, -0.2) is 13.1 Å². The highest BCUT2D eigenvalue weighted by atomic mass is 32.2. The lowest BCUT2D eigenvalue weighted by atomic mass is 9.97. The number of carbonyl (C=O) groups excluding carboxylic acids is 1. The van der Waals surface area contributed by atoms with E-state index in [4.69, 9.17) is 5.73 Å². The minimum atomic E-state index is -3.48. The van der Waals surface area contributed by atoms with E-state index in [2.05, 4.69) is 10.0 Å². The highest BCUT2D eigenvalue weighted by Gasteiger charge is 2.34. The summed E-state index contributed by atoms with van der Waals surface area (Å²) in [6.45, 7) is 0.427. The third-order valence-corrected chi connectivity index (χ3v) is 6.19. The Morgan fingerprint density at radius 1 is 1.17 bits per heavy atom. The molecule has 0 spiro atoms. The summed E-state index contributed by atoms with van der Waals surface area (Å²) in [7, 11) is -3.48. The molecular formula is C16H23N3O3S. The zero-order valence-corrected chi connectivity index (χ0v) is 13.9. The van der Waals surface area contributed by atoms with Crippen molar-refractivity contribution in [3.05, 3.63) is 29.8 Å². The van der Waals surface area contributed by atoms with Gasteiger partial charge >= 0.3 is 0 Å². The van der Waals surface area contributed by atoms with E-state index in [0.717, 1.165) is 38.5 Å². The fraction of sp³-hybridized carbons (Fsp3) is 0.562. The molecule has 1 amide bonds. The van der Waals surface area contributed by atoms with E-state index in [-0.39, 0.29) is 22.4 Å². The van der Waals surface area contributed by atoms with E-state index >= 15 is 0 Å². The summed E-state index contributed by atoms with van der Waals surface area (Å²) in [5.74, 6) is -0.198. The molecule has 0 heterocycles. The zero-order chi connectivity index (χ0) is 16.5. The number of sulfonamides is 1. The van der Waals surface area contributed by atoms with Crippen molar-refractivity contribution in [3.63, 3.8) is 0 Å². The van der Waals surface area contributed by atoms with Crippen LogP contribution in [-0.2, 0) is 10.0 Å². The Labute approximate surface area is 136 Å². The lowest BCUT2D eigenvalue weighted by Gasteiger charge is -2.28. The molecule has 23 heavy (non-hydrogen) atoms. The third kappa shape index (κ3) is 3.73. The predicted molar refractivity (Wildman–Crippen MR) is 87.5 cm³/mol. The molecule has 4 N–H and O–H groups in total. The molecule has 7 heteroatoms. The van der Waals surface area contributed by atoms with Crippen molar-refractivity contribution in [2.75, 3.05) is 6.54 Å². The zero-order valence-electron chi connectivity index (χ0n) is 13.0. The van der Waals surface area contributed by atoms with E-state index < -0.39 is 10.0 Å². The van der Waals surface area contributed by atoms with Crippen LogP contribution in [0.15, 0.2) is 29.2 Å². The Bertz CT molecular complexity index is 675. The van der Waals surface area contributed by atoms with E-state index in [1.807, 2.05) is 0 Å². The lowest BCUT2D eigenvalue weighted by molar-refractivity contribution is 0.0903. The van der Waals surface area contributed by atoms with Crippen LogP contribution in [0.2, 0.25) is 0 Å². The van der Waals surface area contributed by atoms with Crippen molar-refractivity contribution in [2.24, 2.45) is 5.73 Å². The first kappa shape index (κ1) is 16.4. The average Bonchev–Trinajstić information content (AvgIpc) is 3.22. The molecule has 0 aliphatic heterocycles. The van der Waals surface area contributed by atoms with Crippen LogP contribution in [0, 0.1) is 0 Å². The van der Waals surface area contributed by atoms with E-state index in [1.165, 1.54) is 12.1 Å². The Morgan fingerprint density at radius 2 is 1.78 bits per heavy atom. The van der Waals surface area contributed by atoms with Gasteiger partial charge in [-0.15, -0.1) is 0 Å². The van der Waals surface area contributed by atoms with Crippen molar-refractivity contribution in [1.82, 2.24) is 10.0 Å². The molecule has 0 aromatic heterocycles. The molecule has 126 valence electrons. The monoisotopic (exact) mass is 337 g/mol. The lowest BCUT2D eigenvalue weighted by Crippen LogP contribution is -2.51. The standard InChI is InChI=1S/C16H23N3O3S/c17-11-16(9-1-2-10-16)18-15(20)12-3-7-14(8-4-12)23(21,22)19-13-5-6-13/h3-4,7-8,13,19H,1-2,5-6,9-11,17H2,(H,18,20). The first-order valence-electron chi connectivity index (χ1n) is 8.09. The summed E-state index contributed by atoms with van der Waals surface area (Å²) in [5, 5.41) is 3.03. The maximum Gasteiger partial charge on any atom is 0.251 e. The van der Waals surface area contributed by atoms with Gasteiger partial charge in [0, 0.05) is 18.2 Å². The number of amides is 1.